The van der Waals surface area contributed by atoms with E-state index in [2.05, 4.69) is 0 Å². The number of nitrogens with zero attached hydrogens (tertiary/aromatic N) is 2. The molecule has 0 aromatic heterocycles. The Hall–Kier alpha value is -1.41. The van der Waals surface area contributed by atoms with Crippen molar-refractivity contribution >= 4 is 17.7 Å². The molecular weight excluding hydrogens is 341 g/mol. The summed E-state index contributed by atoms with van der Waals surface area (Å²) >= 11 is 1.57. The molecule has 1 aromatic carbocycles. The van der Waals surface area contributed by atoms with Crippen molar-refractivity contribution in [3.05, 3.63) is 23.8 Å². The Bertz CT molecular complexity index is 595. The van der Waals surface area contributed by atoms with Crippen LogP contribution in [-0.4, -0.2) is 61.4 Å². The summed E-state index contributed by atoms with van der Waals surface area (Å²) in [6, 6.07) is 5.27. The summed E-state index contributed by atoms with van der Waals surface area (Å²) in [7, 11) is 3.35. The molecule has 0 spiro atoms. The molecule has 2 rings (SSSR count). The van der Waals surface area contributed by atoms with E-state index in [4.69, 9.17) is 4.74 Å². The van der Waals surface area contributed by atoms with Crippen LogP contribution < -0.4 is 4.74 Å². The number of carbonyl (C=O) groups is 1. The highest BCUT2D eigenvalue weighted by molar-refractivity contribution is 7.98. The molecule has 1 aliphatic rings. The topological polar surface area (TPSA) is 32.8 Å². The lowest BCUT2D eigenvalue weighted by Gasteiger charge is -2.24. The minimum absolute atomic E-state index is 0.141. The Labute approximate surface area is 143 Å². The lowest BCUT2D eigenvalue weighted by atomic mass is 10.1. The molecule has 1 atom stereocenters. The maximum absolute atomic E-state index is 12.5. The van der Waals surface area contributed by atoms with Crippen LogP contribution in [0.2, 0.25) is 0 Å². The van der Waals surface area contributed by atoms with E-state index in [1.165, 1.54) is 0 Å². The van der Waals surface area contributed by atoms with Crippen LogP contribution in [0.4, 0.5) is 13.2 Å². The van der Waals surface area contributed by atoms with E-state index in [9.17, 15) is 18.0 Å². The fraction of sp³-hybridized carbons (Fsp3) is 0.562. The lowest BCUT2D eigenvalue weighted by molar-refractivity contribution is -0.159. The molecule has 0 aliphatic carbocycles. The van der Waals surface area contributed by atoms with Crippen LogP contribution in [-0.2, 0) is 11.3 Å². The quantitative estimate of drug-likeness (QED) is 0.729. The summed E-state index contributed by atoms with van der Waals surface area (Å²) in [6.07, 6.45) is -1.99. The molecule has 134 valence electrons. The molecule has 1 unspecified atom stereocenters. The second kappa shape index (κ2) is 7.65. The van der Waals surface area contributed by atoms with Crippen molar-refractivity contribution in [1.29, 1.82) is 0 Å². The van der Waals surface area contributed by atoms with E-state index < -0.39 is 24.7 Å². The van der Waals surface area contributed by atoms with Gasteiger partial charge in [0.15, 0.2) is 0 Å². The van der Waals surface area contributed by atoms with Crippen molar-refractivity contribution in [3.63, 3.8) is 0 Å². The second-order valence-corrected chi connectivity index (χ2v) is 6.63. The number of ether oxygens (including phenoxy) is 1. The number of halogens is 3. The molecule has 1 saturated heterocycles. The number of likely N-dealkylation sites (N-methyl/N-ethyl adjacent to an activating group) is 1. The number of benzene rings is 1. The van der Waals surface area contributed by atoms with Gasteiger partial charge in [0, 0.05) is 18.0 Å². The molecule has 0 saturated carbocycles. The van der Waals surface area contributed by atoms with Gasteiger partial charge < -0.3 is 9.64 Å². The Kier molecular flexibility index (Phi) is 6.03. The summed E-state index contributed by atoms with van der Waals surface area (Å²) in [6.45, 7) is -0.560. The van der Waals surface area contributed by atoms with Crippen LogP contribution in [0.15, 0.2) is 23.1 Å². The van der Waals surface area contributed by atoms with Gasteiger partial charge in [-0.05, 0) is 37.4 Å². The summed E-state index contributed by atoms with van der Waals surface area (Å²) < 4.78 is 42.8. The predicted octanol–water partition coefficient (Wildman–Crippen LogP) is 3.01. The lowest BCUT2D eigenvalue weighted by Crippen LogP contribution is -2.42. The third kappa shape index (κ3) is 4.57. The van der Waals surface area contributed by atoms with Gasteiger partial charge in [-0.25, -0.2) is 0 Å². The molecule has 1 aliphatic heterocycles. The second-order valence-electron chi connectivity index (χ2n) is 5.78. The number of carbonyl (C=O) groups excluding carboxylic acids is 1. The molecule has 24 heavy (non-hydrogen) atoms. The number of hydrogen-bond donors (Lipinski definition) is 0. The molecule has 8 heteroatoms. The number of thioether (sulfide) groups is 1. The largest absolute Gasteiger partial charge is 0.496 e. The van der Waals surface area contributed by atoms with Crippen molar-refractivity contribution in [2.75, 3.05) is 33.5 Å². The number of alkyl halides is 3. The standard InChI is InChI=1S/C16H21F3N2O2S/c1-20(9-11-4-5-14(24-3)13(8-11)23-2)12-6-7-21(15(12)22)10-16(17,18)19/h4-5,8,12H,6-7,9-10H2,1-3H3. The van der Waals surface area contributed by atoms with Crippen LogP contribution in [0.3, 0.4) is 0 Å². The molecule has 0 radical (unpaired) electrons. The summed E-state index contributed by atoms with van der Waals surface area (Å²) in [4.78, 5) is 15.9. The molecule has 1 amide bonds. The first kappa shape index (κ1) is 18.9. The van der Waals surface area contributed by atoms with Crippen LogP contribution in [0.1, 0.15) is 12.0 Å². The van der Waals surface area contributed by atoms with Crippen LogP contribution in [0.25, 0.3) is 0 Å². The van der Waals surface area contributed by atoms with Crippen molar-refractivity contribution in [1.82, 2.24) is 9.80 Å². The smallest absolute Gasteiger partial charge is 0.406 e. The van der Waals surface area contributed by atoms with Gasteiger partial charge in [0.05, 0.1) is 13.2 Å². The zero-order valence-electron chi connectivity index (χ0n) is 13.9. The SMILES string of the molecule is COc1cc(CN(C)C2CCN(CC(F)(F)F)C2=O)ccc1SC. The van der Waals surface area contributed by atoms with Gasteiger partial charge in [0.2, 0.25) is 5.91 Å². The van der Waals surface area contributed by atoms with Gasteiger partial charge in [-0.15, -0.1) is 11.8 Å². The molecule has 4 nitrogen and oxygen atoms in total. The highest BCUT2D eigenvalue weighted by Crippen LogP contribution is 2.29. The van der Waals surface area contributed by atoms with E-state index in [-0.39, 0.29) is 6.54 Å². The highest BCUT2D eigenvalue weighted by Gasteiger charge is 2.40. The van der Waals surface area contributed by atoms with E-state index in [1.807, 2.05) is 24.5 Å². The summed E-state index contributed by atoms with van der Waals surface area (Å²) in [5, 5.41) is 0. The third-order valence-electron chi connectivity index (χ3n) is 4.05. The van der Waals surface area contributed by atoms with Crippen molar-refractivity contribution in [3.8, 4) is 5.75 Å². The number of hydrogen-bond acceptors (Lipinski definition) is 4. The fourth-order valence-electron chi connectivity index (χ4n) is 2.88. The van der Waals surface area contributed by atoms with E-state index in [1.54, 1.807) is 30.8 Å². The predicted molar refractivity (Wildman–Crippen MR) is 87.3 cm³/mol. The van der Waals surface area contributed by atoms with E-state index in [0.29, 0.717) is 13.0 Å². The highest BCUT2D eigenvalue weighted by atomic mass is 32.2. The van der Waals surface area contributed by atoms with Crippen molar-refractivity contribution in [2.45, 2.75) is 30.1 Å². The Morgan fingerprint density at radius 3 is 2.71 bits per heavy atom. The molecule has 0 N–H and O–H groups in total. The number of rotatable bonds is 6. The minimum Gasteiger partial charge on any atom is -0.496 e. The average molecular weight is 362 g/mol. The van der Waals surface area contributed by atoms with Crippen LogP contribution in [0, 0.1) is 0 Å². The Morgan fingerprint density at radius 2 is 2.12 bits per heavy atom. The normalized spacial score (nSPS) is 18.5. The minimum atomic E-state index is -4.36. The summed E-state index contributed by atoms with van der Waals surface area (Å²) in [5.41, 5.74) is 0.953. The zero-order valence-corrected chi connectivity index (χ0v) is 14.7. The molecule has 1 heterocycles. The van der Waals surface area contributed by atoms with Crippen LogP contribution >= 0.6 is 11.8 Å². The maximum atomic E-state index is 12.5. The first-order valence-electron chi connectivity index (χ1n) is 7.52. The van der Waals surface area contributed by atoms with Crippen LogP contribution in [0.5, 0.6) is 5.75 Å². The van der Waals surface area contributed by atoms with Gasteiger partial charge >= 0.3 is 6.18 Å². The maximum Gasteiger partial charge on any atom is 0.406 e. The Balaban J connectivity index is 2.03. The Morgan fingerprint density at radius 1 is 1.42 bits per heavy atom. The average Bonchev–Trinajstić information content (AvgIpc) is 2.86. The summed E-state index contributed by atoms with van der Waals surface area (Å²) in [5.74, 6) is 0.298. The van der Waals surface area contributed by atoms with Crippen molar-refractivity contribution in [2.24, 2.45) is 0 Å². The van der Waals surface area contributed by atoms with Gasteiger partial charge in [-0.2, -0.15) is 13.2 Å². The first-order chi connectivity index (χ1) is 11.2. The number of amides is 1. The molecule has 1 fully saturated rings. The van der Waals surface area contributed by atoms with Gasteiger partial charge in [0.25, 0.3) is 0 Å². The number of likely N-dealkylation sites (tertiary alicyclic amines) is 1. The zero-order chi connectivity index (χ0) is 17.9. The molecule has 0 bridgehead atoms. The fourth-order valence-corrected chi connectivity index (χ4v) is 3.43. The van der Waals surface area contributed by atoms with E-state index >= 15 is 0 Å². The monoisotopic (exact) mass is 362 g/mol. The molecular formula is C16H21F3N2O2S. The third-order valence-corrected chi connectivity index (χ3v) is 4.83. The molecule has 1 aromatic rings. The number of methoxy groups -OCH3 is 1. The van der Waals surface area contributed by atoms with Gasteiger partial charge in [-0.1, -0.05) is 6.07 Å². The first-order valence-corrected chi connectivity index (χ1v) is 8.74. The van der Waals surface area contributed by atoms with Crippen molar-refractivity contribution < 1.29 is 22.7 Å². The van der Waals surface area contributed by atoms with Gasteiger partial charge in [-0.3, -0.25) is 9.69 Å². The van der Waals surface area contributed by atoms with Gasteiger partial charge in [0.1, 0.15) is 12.3 Å². The van der Waals surface area contributed by atoms with E-state index in [0.717, 1.165) is 21.1 Å².